The van der Waals surface area contributed by atoms with Gasteiger partial charge in [0.05, 0.1) is 11.3 Å². The first kappa shape index (κ1) is 11.2. The monoisotopic (exact) mass is 235 g/mol. The van der Waals surface area contributed by atoms with Crippen LogP contribution in [0.2, 0.25) is 0 Å². The molecule has 0 aliphatic carbocycles. The highest BCUT2D eigenvalue weighted by atomic mass is 32.2. The van der Waals surface area contributed by atoms with Crippen LogP contribution in [0.25, 0.3) is 0 Å². The first-order valence-corrected chi connectivity index (χ1v) is 6.33. The van der Waals surface area contributed by atoms with Crippen molar-refractivity contribution in [1.82, 2.24) is 0 Å². The van der Waals surface area contributed by atoms with Crippen LogP contribution < -0.4 is 5.32 Å². The van der Waals surface area contributed by atoms with E-state index in [0.717, 1.165) is 10.6 Å². The molecule has 0 bridgehead atoms. The Morgan fingerprint density at radius 1 is 1.31 bits per heavy atom. The Morgan fingerprint density at radius 3 is 2.88 bits per heavy atom. The quantitative estimate of drug-likeness (QED) is 0.496. The number of carbonyl (C=O) groups excluding carboxylic acids is 2. The molecule has 2 rings (SSSR count). The highest BCUT2D eigenvalue weighted by Gasteiger charge is 2.27. The zero-order chi connectivity index (χ0) is 11.5. The fourth-order valence-electron chi connectivity index (χ4n) is 1.55. The van der Waals surface area contributed by atoms with Gasteiger partial charge < -0.3 is 5.32 Å². The normalized spacial score (nSPS) is 13.8. The third-order valence-corrected chi connectivity index (χ3v) is 3.54. The van der Waals surface area contributed by atoms with E-state index in [1.54, 1.807) is 17.8 Å². The molecular weight excluding hydrogens is 222 g/mol. The highest BCUT2D eigenvalue weighted by Crippen LogP contribution is 2.29. The summed E-state index contributed by atoms with van der Waals surface area (Å²) in [6.07, 6.45) is 2.35. The Balaban J connectivity index is 2.12. The summed E-state index contributed by atoms with van der Waals surface area (Å²) >= 11 is 1.75. The van der Waals surface area contributed by atoms with E-state index in [1.165, 1.54) is 12.8 Å². The molecule has 1 aliphatic heterocycles. The van der Waals surface area contributed by atoms with Crippen LogP contribution in [0, 0.1) is 0 Å². The molecule has 1 amide bonds. The van der Waals surface area contributed by atoms with Crippen LogP contribution in [-0.4, -0.2) is 17.4 Å². The van der Waals surface area contributed by atoms with Gasteiger partial charge in [-0.1, -0.05) is 13.3 Å². The second-order valence-corrected chi connectivity index (χ2v) is 4.86. The molecule has 0 saturated carbocycles. The van der Waals surface area contributed by atoms with Gasteiger partial charge in [0.25, 0.3) is 11.7 Å². The number of fused-ring (bicyclic) bond motifs is 1. The van der Waals surface area contributed by atoms with E-state index in [0.29, 0.717) is 11.3 Å². The summed E-state index contributed by atoms with van der Waals surface area (Å²) in [5, 5.41) is 2.58. The van der Waals surface area contributed by atoms with Gasteiger partial charge >= 0.3 is 0 Å². The molecule has 0 unspecified atom stereocenters. The first-order valence-electron chi connectivity index (χ1n) is 5.35. The van der Waals surface area contributed by atoms with Crippen molar-refractivity contribution >= 4 is 29.1 Å². The lowest BCUT2D eigenvalue weighted by molar-refractivity contribution is -0.112. The molecule has 0 saturated heterocycles. The summed E-state index contributed by atoms with van der Waals surface area (Å²) in [6, 6.07) is 5.50. The maximum absolute atomic E-state index is 11.3. The molecule has 1 heterocycles. The predicted molar refractivity (Wildman–Crippen MR) is 65.0 cm³/mol. The van der Waals surface area contributed by atoms with Crippen LogP contribution >= 0.6 is 11.8 Å². The van der Waals surface area contributed by atoms with E-state index < -0.39 is 11.7 Å². The molecule has 16 heavy (non-hydrogen) atoms. The van der Waals surface area contributed by atoms with Crippen molar-refractivity contribution in [2.75, 3.05) is 11.1 Å². The van der Waals surface area contributed by atoms with Crippen molar-refractivity contribution in [3.63, 3.8) is 0 Å². The minimum absolute atomic E-state index is 0.430. The molecule has 4 heteroatoms. The number of ketones is 1. The van der Waals surface area contributed by atoms with Crippen molar-refractivity contribution in [1.29, 1.82) is 0 Å². The maximum atomic E-state index is 11.3. The maximum Gasteiger partial charge on any atom is 0.296 e. The van der Waals surface area contributed by atoms with Gasteiger partial charge in [-0.15, -0.1) is 11.8 Å². The molecule has 84 valence electrons. The van der Waals surface area contributed by atoms with Crippen LogP contribution in [0.5, 0.6) is 0 Å². The van der Waals surface area contributed by atoms with Crippen molar-refractivity contribution in [3.05, 3.63) is 23.8 Å². The minimum Gasteiger partial charge on any atom is -0.318 e. The van der Waals surface area contributed by atoms with Crippen LogP contribution in [0.3, 0.4) is 0 Å². The molecular formula is C12H13NO2S. The van der Waals surface area contributed by atoms with E-state index in [2.05, 4.69) is 12.2 Å². The fourth-order valence-corrected chi connectivity index (χ4v) is 2.58. The van der Waals surface area contributed by atoms with E-state index in [4.69, 9.17) is 0 Å². The number of hydrogen-bond acceptors (Lipinski definition) is 3. The zero-order valence-corrected chi connectivity index (χ0v) is 9.89. The van der Waals surface area contributed by atoms with Crippen molar-refractivity contribution in [2.24, 2.45) is 0 Å². The van der Waals surface area contributed by atoms with E-state index >= 15 is 0 Å². The number of anilines is 1. The fraction of sp³-hybridized carbons (Fsp3) is 0.333. The number of amides is 1. The Labute approximate surface area is 98.6 Å². The molecule has 1 N–H and O–H groups in total. The third-order valence-electron chi connectivity index (χ3n) is 2.46. The lowest BCUT2D eigenvalue weighted by Crippen LogP contribution is -2.12. The summed E-state index contributed by atoms with van der Waals surface area (Å²) in [5.41, 5.74) is 1.14. The molecule has 0 fully saturated rings. The summed E-state index contributed by atoms with van der Waals surface area (Å²) in [4.78, 5) is 23.6. The number of thioether (sulfide) groups is 1. The molecule has 0 spiro atoms. The van der Waals surface area contributed by atoms with Gasteiger partial charge in [-0.3, -0.25) is 9.59 Å². The summed E-state index contributed by atoms with van der Waals surface area (Å²) in [7, 11) is 0. The lowest BCUT2D eigenvalue weighted by Gasteiger charge is -2.02. The largest absolute Gasteiger partial charge is 0.318 e. The third kappa shape index (κ3) is 2.11. The van der Waals surface area contributed by atoms with Crippen LogP contribution in [0.1, 0.15) is 30.1 Å². The lowest BCUT2D eigenvalue weighted by atomic mass is 10.1. The standard InChI is InChI=1S/C12H13NO2S/c1-2-3-6-16-8-4-5-9-10(7-8)13-12(15)11(9)14/h4-5,7H,2-3,6H2,1H3,(H,13,14,15). The Kier molecular flexibility index (Phi) is 3.29. The number of Topliss-reactive ketones (excluding diaryl/α,β-unsaturated/α-hetero) is 1. The number of benzene rings is 1. The molecule has 1 aromatic rings. The first-order chi connectivity index (χ1) is 7.72. The number of rotatable bonds is 4. The van der Waals surface area contributed by atoms with Gasteiger partial charge in [-0.05, 0) is 30.4 Å². The van der Waals surface area contributed by atoms with Gasteiger partial charge in [-0.2, -0.15) is 0 Å². The van der Waals surface area contributed by atoms with Gasteiger partial charge in [0.1, 0.15) is 0 Å². The van der Waals surface area contributed by atoms with Gasteiger partial charge in [0.15, 0.2) is 0 Å². The second kappa shape index (κ2) is 4.70. The van der Waals surface area contributed by atoms with E-state index in [1.807, 2.05) is 12.1 Å². The Hall–Kier alpha value is -1.29. The molecule has 0 radical (unpaired) electrons. The van der Waals surface area contributed by atoms with Gasteiger partial charge in [0, 0.05) is 4.90 Å². The van der Waals surface area contributed by atoms with Crippen LogP contribution in [0.15, 0.2) is 23.1 Å². The Bertz CT molecular complexity index is 443. The second-order valence-electron chi connectivity index (χ2n) is 3.69. The van der Waals surface area contributed by atoms with Gasteiger partial charge in [-0.25, -0.2) is 0 Å². The van der Waals surface area contributed by atoms with Crippen molar-refractivity contribution < 1.29 is 9.59 Å². The molecule has 1 aliphatic rings. The molecule has 1 aromatic carbocycles. The molecule has 0 atom stereocenters. The summed E-state index contributed by atoms with van der Waals surface area (Å²) in [5.74, 6) is 0.114. The van der Waals surface area contributed by atoms with Gasteiger partial charge in [0.2, 0.25) is 0 Å². The zero-order valence-electron chi connectivity index (χ0n) is 9.08. The highest BCUT2D eigenvalue weighted by molar-refractivity contribution is 7.99. The van der Waals surface area contributed by atoms with Crippen molar-refractivity contribution in [2.45, 2.75) is 24.7 Å². The smallest absolute Gasteiger partial charge is 0.296 e. The number of unbranched alkanes of at least 4 members (excludes halogenated alkanes) is 1. The molecule has 0 aromatic heterocycles. The van der Waals surface area contributed by atoms with Crippen LogP contribution in [-0.2, 0) is 4.79 Å². The average molecular weight is 235 g/mol. The number of nitrogens with one attached hydrogen (secondary N) is 1. The van der Waals surface area contributed by atoms with E-state index in [-0.39, 0.29) is 0 Å². The SMILES string of the molecule is CCCCSc1ccc2c(c1)NC(=O)C2=O. The Morgan fingerprint density at radius 2 is 2.12 bits per heavy atom. The average Bonchev–Trinajstić information content (AvgIpc) is 2.55. The predicted octanol–water partition coefficient (Wildman–Crippen LogP) is 2.71. The minimum atomic E-state index is -0.522. The summed E-state index contributed by atoms with van der Waals surface area (Å²) < 4.78 is 0. The van der Waals surface area contributed by atoms with E-state index in [9.17, 15) is 9.59 Å². The molecule has 3 nitrogen and oxygen atoms in total. The number of hydrogen-bond donors (Lipinski definition) is 1. The topological polar surface area (TPSA) is 46.2 Å². The summed E-state index contributed by atoms with van der Waals surface area (Å²) in [6.45, 7) is 2.15. The van der Waals surface area contributed by atoms with Crippen LogP contribution in [0.4, 0.5) is 5.69 Å². The van der Waals surface area contributed by atoms with Crippen molar-refractivity contribution in [3.8, 4) is 0 Å². The number of carbonyl (C=O) groups is 2.